The number of hydrogen-bond donors (Lipinski definition) is 1. The maximum Gasteiger partial charge on any atom is 0.00170 e. The molecule has 1 aliphatic heterocycles. The molecule has 0 radical (unpaired) electrons. The molecule has 13 heavy (non-hydrogen) atoms. The molecule has 1 nitrogen and oxygen atoms in total. The van der Waals surface area contributed by atoms with Gasteiger partial charge in [0.1, 0.15) is 0 Å². The Labute approximate surface area is 84.2 Å². The first-order valence-electron chi connectivity index (χ1n) is 5.09. The topological polar surface area (TPSA) is 12.0 Å². The van der Waals surface area contributed by atoms with Crippen LogP contribution in [0.2, 0.25) is 0 Å². The molecular weight excluding hydrogens is 178 g/mol. The fraction of sp³-hybridized carbons (Fsp3) is 0.636. The van der Waals surface area contributed by atoms with Gasteiger partial charge in [0.25, 0.3) is 0 Å². The fourth-order valence-corrected chi connectivity index (χ4v) is 2.74. The largest absolute Gasteiger partial charge is 0.317 e. The molecule has 1 aromatic rings. The predicted octanol–water partition coefficient (Wildman–Crippen LogP) is 2.60. The Morgan fingerprint density at radius 3 is 2.85 bits per heavy atom. The predicted molar refractivity (Wildman–Crippen MR) is 58.4 cm³/mol. The molecule has 72 valence electrons. The van der Waals surface area contributed by atoms with E-state index < -0.39 is 0 Å². The summed E-state index contributed by atoms with van der Waals surface area (Å²) >= 11 is 1.88. The highest BCUT2D eigenvalue weighted by Crippen LogP contribution is 2.21. The summed E-state index contributed by atoms with van der Waals surface area (Å²) in [6.07, 6.45) is 4.01. The SMILES string of the molecule is Cc1cc(CC2CCNCC2)cs1. The van der Waals surface area contributed by atoms with E-state index in [4.69, 9.17) is 0 Å². The highest BCUT2D eigenvalue weighted by molar-refractivity contribution is 7.10. The van der Waals surface area contributed by atoms with Crippen LogP contribution >= 0.6 is 11.3 Å². The van der Waals surface area contributed by atoms with Crippen LogP contribution in [0.25, 0.3) is 0 Å². The van der Waals surface area contributed by atoms with Crippen molar-refractivity contribution in [1.82, 2.24) is 5.32 Å². The summed E-state index contributed by atoms with van der Waals surface area (Å²) in [5.41, 5.74) is 1.55. The van der Waals surface area contributed by atoms with Gasteiger partial charge in [-0.2, -0.15) is 0 Å². The van der Waals surface area contributed by atoms with Gasteiger partial charge in [-0.15, -0.1) is 11.3 Å². The second-order valence-corrected chi connectivity index (χ2v) is 5.08. The quantitative estimate of drug-likeness (QED) is 0.765. The average molecular weight is 195 g/mol. The maximum atomic E-state index is 3.41. The third-order valence-corrected chi connectivity index (χ3v) is 3.68. The van der Waals surface area contributed by atoms with Crippen molar-refractivity contribution in [3.8, 4) is 0 Å². The van der Waals surface area contributed by atoms with Crippen LogP contribution in [0.4, 0.5) is 0 Å². The maximum absolute atomic E-state index is 3.41. The molecule has 1 N–H and O–H groups in total. The Kier molecular flexibility index (Phi) is 3.01. The Hall–Kier alpha value is -0.340. The Bertz CT molecular complexity index is 261. The van der Waals surface area contributed by atoms with Gasteiger partial charge in [-0.25, -0.2) is 0 Å². The summed E-state index contributed by atoms with van der Waals surface area (Å²) in [7, 11) is 0. The number of thiophene rings is 1. The van der Waals surface area contributed by atoms with Crippen LogP contribution in [0.5, 0.6) is 0 Å². The van der Waals surface area contributed by atoms with Gasteiger partial charge in [0.05, 0.1) is 0 Å². The molecule has 0 amide bonds. The van der Waals surface area contributed by atoms with Crippen molar-refractivity contribution in [3.05, 3.63) is 21.9 Å². The lowest BCUT2D eigenvalue weighted by atomic mass is 9.92. The lowest BCUT2D eigenvalue weighted by Gasteiger charge is -2.21. The molecule has 2 rings (SSSR count). The first-order chi connectivity index (χ1) is 6.34. The Balaban J connectivity index is 1.89. The van der Waals surface area contributed by atoms with E-state index in [1.54, 1.807) is 5.56 Å². The molecule has 0 aliphatic carbocycles. The van der Waals surface area contributed by atoms with Crippen LogP contribution in [-0.2, 0) is 6.42 Å². The van der Waals surface area contributed by atoms with Gasteiger partial charge < -0.3 is 5.32 Å². The summed E-state index contributed by atoms with van der Waals surface area (Å²) in [6, 6.07) is 2.34. The summed E-state index contributed by atoms with van der Waals surface area (Å²) in [4.78, 5) is 1.45. The fourth-order valence-electron chi connectivity index (χ4n) is 2.02. The molecular formula is C11H17NS. The normalized spacial score (nSPS) is 19.2. The van der Waals surface area contributed by atoms with Crippen molar-refractivity contribution < 1.29 is 0 Å². The van der Waals surface area contributed by atoms with E-state index in [2.05, 4.69) is 23.7 Å². The van der Waals surface area contributed by atoms with Crippen molar-refractivity contribution >= 4 is 11.3 Å². The third kappa shape index (κ3) is 2.55. The van der Waals surface area contributed by atoms with Crippen molar-refractivity contribution in [2.75, 3.05) is 13.1 Å². The van der Waals surface area contributed by atoms with Gasteiger partial charge >= 0.3 is 0 Å². The Morgan fingerprint density at radius 2 is 2.23 bits per heavy atom. The molecule has 1 aromatic heterocycles. The van der Waals surface area contributed by atoms with Crippen molar-refractivity contribution in [1.29, 1.82) is 0 Å². The molecule has 0 unspecified atom stereocenters. The summed E-state index contributed by atoms with van der Waals surface area (Å²) in [6.45, 7) is 4.62. The molecule has 2 heteroatoms. The van der Waals surface area contributed by atoms with E-state index in [1.807, 2.05) is 11.3 Å². The minimum Gasteiger partial charge on any atom is -0.317 e. The monoisotopic (exact) mass is 195 g/mol. The van der Waals surface area contributed by atoms with Crippen molar-refractivity contribution in [2.24, 2.45) is 5.92 Å². The van der Waals surface area contributed by atoms with Gasteiger partial charge in [-0.05, 0) is 62.2 Å². The zero-order chi connectivity index (χ0) is 9.10. The molecule has 0 saturated carbocycles. The molecule has 2 heterocycles. The molecule has 0 atom stereocenters. The average Bonchev–Trinajstić information content (AvgIpc) is 2.53. The van der Waals surface area contributed by atoms with E-state index in [0.717, 1.165) is 5.92 Å². The second-order valence-electron chi connectivity index (χ2n) is 3.96. The molecule has 1 aliphatic rings. The van der Waals surface area contributed by atoms with E-state index in [-0.39, 0.29) is 0 Å². The van der Waals surface area contributed by atoms with E-state index in [0.29, 0.717) is 0 Å². The van der Waals surface area contributed by atoms with Crippen LogP contribution in [-0.4, -0.2) is 13.1 Å². The van der Waals surface area contributed by atoms with Crippen molar-refractivity contribution in [2.45, 2.75) is 26.2 Å². The van der Waals surface area contributed by atoms with E-state index >= 15 is 0 Å². The zero-order valence-corrected chi connectivity index (χ0v) is 8.99. The highest BCUT2D eigenvalue weighted by Gasteiger charge is 2.13. The minimum absolute atomic E-state index is 0.926. The van der Waals surface area contributed by atoms with Crippen LogP contribution in [0.1, 0.15) is 23.3 Å². The number of rotatable bonds is 2. The van der Waals surface area contributed by atoms with Gasteiger partial charge in [-0.1, -0.05) is 0 Å². The lowest BCUT2D eigenvalue weighted by molar-refractivity contribution is 0.373. The zero-order valence-electron chi connectivity index (χ0n) is 8.18. The molecule has 1 fully saturated rings. The van der Waals surface area contributed by atoms with Crippen molar-refractivity contribution in [3.63, 3.8) is 0 Å². The van der Waals surface area contributed by atoms with Crippen LogP contribution in [0.15, 0.2) is 11.4 Å². The summed E-state index contributed by atoms with van der Waals surface area (Å²) in [5.74, 6) is 0.926. The van der Waals surface area contributed by atoms with Crippen LogP contribution in [0.3, 0.4) is 0 Å². The van der Waals surface area contributed by atoms with E-state index in [9.17, 15) is 0 Å². The van der Waals surface area contributed by atoms with Gasteiger partial charge in [0, 0.05) is 4.88 Å². The second kappa shape index (κ2) is 4.25. The lowest BCUT2D eigenvalue weighted by Crippen LogP contribution is -2.28. The van der Waals surface area contributed by atoms with Gasteiger partial charge in [0.2, 0.25) is 0 Å². The van der Waals surface area contributed by atoms with E-state index in [1.165, 1.54) is 37.2 Å². The summed E-state index contributed by atoms with van der Waals surface area (Å²) in [5, 5.41) is 5.73. The molecule has 0 bridgehead atoms. The van der Waals surface area contributed by atoms with Crippen LogP contribution < -0.4 is 5.32 Å². The van der Waals surface area contributed by atoms with Gasteiger partial charge in [-0.3, -0.25) is 0 Å². The molecule has 0 spiro atoms. The minimum atomic E-state index is 0.926. The van der Waals surface area contributed by atoms with Gasteiger partial charge in [0.15, 0.2) is 0 Å². The van der Waals surface area contributed by atoms with Crippen LogP contribution in [0, 0.1) is 12.8 Å². The number of nitrogens with one attached hydrogen (secondary N) is 1. The number of hydrogen-bond acceptors (Lipinski definition) is 2. The highest BCUT2D eigenvalue weighted by atomic mass is 32.1. The number of piperidine rings is 1. The smallest absolute Gasteiger partial charge is 0.00170 e. The number of aryl methyl sites for hydroxylation is 1. The Morgan fingerprint density at radius 1 is 1.46 bits per heavy atom. The molecule has 0 aromatic carbocycles. The molecule has 1 saturated heterocycles. The standard InChI is InChI=1S/C11H17NS/c1-9-6-11(8-13-9)7-10-2-4-12-5-3-10/h6,8,10,12H,2-5,7H2,1H3. The third-order valence-electron chi connectivity index (χ3n) is 2.77. The first-order valence-corrected chi connectivity index (χ1v) is 5.97. The summed E-state index contributed by atoms with van der Waals surface area (Å²) < 4.78 is 0. The first kappa shape index (κ1) is 9.22.